The zero-order valence-corrected chi connectivity index (χ0v) is 20.4. The second-order valence-electron chi connectivity index (χ2n) is 10.7. The molecule has 0 aliphatic heterocycles. The molecule has 6 rings (SSSR count). The first-order valence-electron chi connectivity index (χ1n) is 12.1. The second kappa shape index (κ2) is 8.46. The minimum Gasteiger partial charge on any atom is -0.348 e. The van der Waals surface area contributed by atoms with Crippen LogP contribution in [0.2, 0.25) is 0 Å². The fourth-order valence-corrected chi connectivity index (χ4v) is 7.94. The van der Waals surface area contributed by atoms with Crippen LogP contribution in [-0.4, -0.2) is 27.1 Å². The summed E-state index contributed by atoms with van der Waals surface area (Å²) in [5.41, 5.74) is 3.15. The van der Waals surface area contributed by atoms with Crippen LogP contribution in [0.25, 0.3) is 0 Å². The van der Waals surface area contributed by atoms with Crippen LogP contribution in [0.5, 0.6) is 0 Å². The van der Waals surface area contributed by atoms with Gasteiger partial charge in [-0.2, -0.15) is 0 Å². The molecule has 4 fully saturated rings. The SMILES string of the molecule is C[C@H](NC(=O)CN(c1ccc(C23CC4CC(CC(C4)C2)C3)cc1)S(C)(=O)=O)c1ccccc1. The predicted molar refractivity (Wildman–Crippen MR) is 131 cm³/mol. The number of hydrogen-bond donors (Lipinski definition) is 1. The number of amides is 1. The maximum atomic E-state index is 12.7. The van der Waals surface area contributed by atoms with Gasteiger partial charge < -0.3 is 5.32 Å². The highest BCUT2D eigenvalue weighted by Gasteiger charge is 2.51. The number of sulfonamides is 1. The number of hydrogen-bond acceptors (Lipinski definition) is 3. The molecule has 4 bridgehead atoms. The molecule has 1 amide bonds. The van der Waals surface area contributed by atoms with Crippen LogP contribution in [0.15, 0.2) is 54.6 Å². The number of benzene rings is 2. The smallest absolute Gasteiger partial charge is 0.241 e. The zero-order valence-electron chi connectivity index (χ0n) is 19.5. The van der Waals surface area contributed by atoms with Crippen molar-refractivity contribution >= 4 is 21.6 Å². The number of carbonyl (C=O) groups is 1. The molecule has 2 aromatic carbocycles. The molecule has 0 saturated heterocycles. The normalized spacial score (nSPS) is 29.0. The summed E-state index contributed by atoms with van der Waals surface area (Å²) in [5, 5.41) is 2.92. The molecule has 0 unspecified atom stereocenters. The molecular formula is C27H34N2O3S. The van der Waals surface area contributed by atoms with E-state index in [1.807, 2.05) is 49.4 Å². The topological polar surface area (TPSA) is 66.5 Å². The van der Waals surface area contributed by atoms with Gasteiger partial charge in [0.05, 0.1) is 18.0 Å². The Bertz CT molecular complexity index is 1080. The average Bonchev–Trinajstić information content (AvgIpc) is 2.76. The molecular weight excluding hydrogens is 432 g/mol. The summed E-state index contributed by atoms with van der Waals surface area (Å²) in [6.07, 6.45) is 9.17. The monoisotopic (exact) mass is 466 g/mol. The van der Waals surface area contributed by atoms with E-state index in [1.165, 1.54) is 48.4 Å². The van der Waals surface area contributed by atoms with Crippen LogP contribution >= 0.6 is 0 Å². The molecule has 4 saturated carbocycles. The van der Waals surface area contributed by atoms with Crippen molar-refractivity contribution in [2.24, 2.45) is 17.8 Å². The molecule has 2 aromatic rings. The Morgan fingerprint density at radius 2 is 1.52 bits per heavy atom. The van der Waals surface area contributed by atoms with Crippen molar-refractivity contribution in [1.29, 1.82) is 0 Å². The van der Waals surface area contributed by atoms with E-state index in [0.29, 0.717) is 5.69 Å². The summed E-state index contributed by atoms with van der Waals surface area (Å²) in [6.45, 7) is 1.67. The van der Waals surface area contributed by atoms with Crippen molar-refractivity contribution in [2.45, 2.75) is 56.9 Å². The highest BCUT2D eigenvalue weighted by Crippen LogP contribution is 2.60. The molecule has 1 N–H and O–H groups in total. The molecule has 33 heavy (non-hydrogen) atoms. The summed E-state index contributed by atoms with van der Waals surface area (Å²) in [6, 6.07) is 17.5. The first-order valence-corrected chi connectivity index (χ1v) is 14.0. The second-order valence-corrected chi connectivity index (χ2v) is 12.6. The highest BCUT2D eigenvalue weighted by atomic mass is 32.2. The van der Waals surface area contributed by atoms with Gasteiger partial charge in [-0.05, 0) is 91.9 Å². The van der Waals surface area contributed by atoms with Crippen molar-refractivity contribution in [3.8, 4) is 0 Å². The number of nitrogens with one attached hydrogen (secondary N) is 1. The van der Waals surface area contributed by atoms with E-state index >= 15 is 0 Å². The lowest BCUT2D eigenvalue weighted by Gasteiger charge is -2.57. The van der Waals surface area contributed by atoms with Crippen LogP contribution in [0, 0.1) is 17.8 Å². The van der Waals surface area contributed by atoms with Crippen LogP contribution in [-0.2, 0) is 20.2 Å². The van der Waals surface area contributed by atoms with Crippen molar-refractivity contribution in [1.82, 2.24) is 5.32 Å². The summed E-state index contributed by atoms with van der Waals surface area (Å²) >= 11 is 0. The minimum absolute atomic E-state index is 0.196. The maximum Gasteiger partial charge on any atom is 0.241 e. The number of carbonyl (C=O) groups excluding carboxylic acids is 1. The summed E-state index contributed by atoms with van der Waals surface area (Å²) in [5.74, 6) is 2.26. The van der Waals surface area contributed by atoms with Gasteiger partial charge in [0.25, 0.3) is 0 Å². The Kier molecular flexibility index (Phi) is 5.76. The van der Waals surface area contributed by atoms with Crippen molar-refractivity contribution in [2.75, 3.05) is 17.1 Å². The fraction of sp³-hybridized carbons (Fsp3) is 0.519. The number of rotatable bonds is 7. The van der Waals surface area contributed by atoms with Gasteiger partial charge in [-0.15, -0.1) is 0 Å². The van der Waals surface area contributed by atoms with Crippen LogP contribution in [0.3, 0.4) is 0 Å². The highest BCUT2D eigenvalue weighted by molar-refractivity contribution is 7.92. The number of anilines is 1. The average molecular weight is 467 g/mol. The number of nitrogens with zero attached hydrogens (tertiary/aromatic N) is 1. The molecule has 4 aliphatic rings. The Hall–Kier alpha value is -2.34. The van der Waals surface area contributed by atoms with E-state index in [2.05, 4.69) is 17.4 Å². The predicted octanol–water partition coefficient (Wildman–Crippen LogP) is 4.80. The molecule has 0 aromatic heterocycles. The first kappa shape index (κ1) is 22.5. The van der Waals surface area contributed by atoms with E-state index in [-0.39, 0.29) is 23.9 Å². The van der Waals surface area contributed by atoms with Crippen molar-refractivity contribution in [3.63, 3.8) is 0 Å². The van der Waals surface area contributed by atoms with Gasteiger partial charge in [-0.25, -0.2) is 8.42 Å². The zero-order chi connectivity index (χ0) is 23.2. The van der Waals surface area contributed by atoms with E-state index < -0.39 is 10.0 Å². The van der Waals surface area contributed by atoms with Gasteiger partial charge in [0.1, 0.15) is 6.54 Å². The molecule has 0 spiro atoms. The van der Waals surface area contributed by atoms with E-state index in [1.54, 1.807) is 0 Å². The Labute approximate surface area is 197 Å². The Morgan fingerprint density at radius 1 is 0.970 bits per heavy atom. The standard InChI is InChI=1S/C27H34N2O3S/c1-19(23-6-4-3-5-7-23)28-26(30)18-29(33(2,31)32)25-10-8-24(9-11-25)27-15-20-12-21(16-27)14-22(13-20)17-27/h3-11,19-22H,12-18H2,1-2H3,(H,28,30)/t19-,20?,21?,22?,27?/m0/s1. The summed E-state index contributed by atoms with van der Waals surface area (Å²) in [7, 11) is -3.60. The van der Waals surface area contributed by atoms with E-state index in [9.17, 15) is 13.2 Å². The third-order valence-corrected chi connectivity index (χ3v) is 9.31. The van der Waals surface area contributed by atoms with E-state index in [0.717, 1.165) is 29.6 Å². The van der Waals surface area contributed by atoms with Crippen molar-refractivity contribution in [3.05, 3.63) is 65.7 Å². The molecule has 0 heterocycles. The lowest BCUT2D eigenvalue weighted by atomic mass is 9.48. The lowest BCUT2D eigenvalue weighted by molar-refractivity contribution is -0.120. The lowest BCUT2D eigenvalue weighted by Crippen LogP contribution is -2.48. The summed E-state index contributed by atoms with van der Waals surface area (Å²) in [4.78, 5) is 12.7. The van der Waals surface area contributed by atoms with Gasteiger partial charge in [0, 0.05) is 0 Å². The molecule has 4 aliphatic carbocycles. The molecule has 176 valence electrons. The fourth-order valence-electron chi connectivity index (χ4n) is 7.09. The Morgan fingerprint density at radius 3 is 2.03 bits per heavy atom. The van der Waals surface area contributed by atoms with Crippen LogP contribution in [0.4, 0.5) is 5.69 Å². The largest absolute Gasteiger partial charge is 0.348 e. The molecule has 1 atom stereocenters. The third-order valence-electron chi connectivity index (χ3n) is 8.17. The summed E-state index contributed by atoms with van der Waals surface area (Å²) < 4.78 is 26.4. The van der Waals surface area contributed by atoms with Gasteiger partial charge in [0.2, 0.25) is 15.9 Å². The van der Waals surface area contributed by atoms with Crippen LogP contribution < -0.4 is 9.62 Å². The van der Waals surface area contributed by atoms with E-state index in [4.69, 9.17) is 0 Å². The first-order chi connectivity index (χ1) is 15.7. The molecule has 0 radical (unpaired) electrons. The molecule has 6 heteroatoms. The van der Waals surface area contributed by atoms with Crippen LogP contribution in [0.1, 0.15) is 62.6 Å². The van der Waals surface area contributed by atoms with Crippen molar-refractivity contribution < 1.29 is 13.2 Å². The quantitative estimate of drug-likeness (QED) is 0.638. The minimum atomic E-state index is -3.60. The van der Waals surface area contributed by atoms with Gasteiger partial charge in [-0.1, -0.05) is 42.5 Å². The maximum absolute atomic E-state index is 12.7. The van der Waals surface area contributed by atoms with Gasteiger partial charge in [-0.3, -0.25) is 9.10 Å². The van der Waals surface area contributed by atoms with Gasteiger partial charge >= 0.3 is 0 Å². The van der Waals surface area contributed by atoms with Gasteiger partial charge in [0.15, 0.2) is 0 Å². The molecule has 5 nitrogen and oxygen atoms in total. The third kappa shape index (κ3) is 4.54. The Balaban J connectivity index is 1.32.